The molecular weight excluding hydrogens is 217 g/mol. The minimum atomic E-state index is -1.18. The molecule has 1 aromatic rings. The van der Waals surface area contributed by atoms with Crippen LogP contribution < -0.4 is 5.32 Å². The molecule has 0 atom stereocenters. The monoisotopic (exact) mass is 227 g/mol. The predicted molar refractivity (Wildman–Crippen MR) is 52.2 cm³/mol. The first-order valence-corrected chi connectivity index (χ1v) is 4.45. The van der Waals surface area contributed by atoms with Crippen LogP contribution in [-0.2, 0) is 16.1 Å². The van der Waals surface area contributed by atoms with Gasteiger partial charge in [0, 0.05) is 5.56 Å². The molecule has 6 heteroatoms. The van der Waals surface area contributed by atoms with Gasteiger partial charge in [-0.2, -0.15) is 0 Å². The van der Waals surface area contributed by atoms with Crippen molar-refractivity contribution in [3.05, 3.63) is 35.6 Å². The van der Waals surface area contributed by atoms with Gasteiger partial charge in [0.25, 0.3) is 0 Å². The summed E-state index contributed by atoms with van der Waals surface area (Å²) >= 11 is 0. The Morgan fingerprint density at radius 3 is 2.69 bits per heavy atom. The van der Waals surface area contributed by atoms with Gasteiger partial charge >= 0.3 is 12.1 Å². The van der Waals surface area contributed by atoms with Crippen molar-refractivity contribution in [2.24, 2.45) is 0 Å². The molecule has 0 aromatic heterocycles. The summed E-state index contributed by atoms with van der Waals surface area (Å²) in [7, 11) is 0. The second-order valence-electron chi connectivity index (χ2n) is 2.91. The molecule has 16 heavy (non-hydrogen) atoms. The lowest BCUT2D eigenvalue weighted by atomic mass is 10.2. The lowest BCUT2D eigenvalue weighted by Crippen LogP contribution is -2.29. The molecule has 86 valence electrons. The van der Waals surface area contributed by atoms with Gasteiger partial charge in [0.1, 0.15) is 19.0 Å². The highest BCUT2D eigenvalue weighted by Crippen LogP contribution is 2.07. The fraction of sp³-hybridized carbons (Fsp3) is 0.200. The lowest BCUT2D eigenvalue weighted by molar-refractivity contribution is -0.135. The van der Waals surface area contributed by atoms with Crippen molar-refractivity contribution >= 4 is 12.1 Å². The third kappa shape index (κ3) is 3.95. The molecule has 0 radical (unpaired) electrons. The Hall–Kier alpha value is -2.11. The van der Waals surface area contributed by atoms with Crippen LogP contribution in [0.2, 0.25) is 0 Å². The van der Waals surface area contributed by atoms with E-state index in [0.29, 0.717) is 0 Å². The Morgan fingerprint density at radius 2 is 2.06 bits per heavy atom. The highest BCUT2D eigenvalue weighted by molar-refractivity contribution is 5.76. The maximum atomic E-state index is 13.0. The molecule has 0 aliphatic rings. The number of carbonyl (C=O) groups is 2. The average molecular weight is 227 g/mol. The van der Waals surface area contributed by atoms with E-state index in [1.165, 1.54) is 18.2 Å². The van der Waals surface area contributed by atoms with Gasteiger partial charge in [-0.15, -0.1) is 0 Å². The quantitative estimate of drug-likeness (QED) is 0.808. The number of hydrogen-bond acceptors (Lipinski definition) is 3. The van der Waals surface area contributed by atoms with Crippen molar-refractivity contribution in [3.8, 4) is 0 Å². The molecule has 0 bridgehead atoms. The summed E-state index contributed by atoms with van der Waals surface area (Å²) in [6.45, 7) is -0.770. The van der Waals surface area contributed by atoms with Crippen molar-refractivity contribution in [2.45, 2.75) is 6.61 Å². The second kappa shape index (κ2) is 5.69. The van der Waals surface area contributed by atoms with Crippen LogP contribution in [0, 0.1) is 5.82 Å². The standard InChI is InChI=1S/C10H10FNO4/c11-8-4-2-1-3-7(8)6-16-10(15)12-5-9(13)14/h1-4H,5-6H2,(H,12,15)(H,13,14). The third-order valence-electron chi connectivity index (χ3n) is 1.70. The van der Waals surface area contributed by atoms with Crippen molar-refractivity contribution in [2.75, 3.05) is 6.54 Å². The van der Waals surface area contributed by atoms with Crippen molar-refractivity contribution in [1.29, 1.82) is 0 Å². The Kier molecular flexibility index (Phi) is 4.26. The average Bonchev–Trinajstić information content (AvgIpc) is 2.25. The molecule has 0 aliphatic heterocycles. The van der Waals surface area contributed by atoms with Gasteiger partial charge in [0.05, 0.1) is 0 Å². The Bertz CT molecular complexity index is 394. The third-order valence-corrected chi connectivity index (χ3v) is 1.70. The van der Waals surface area contributed by atoms with Gasteiger partial charge in [-0.1, -0.05) is 18.2 Å². The number of hydrogen-bond donors (Lipinski definition) is 2. The second-order valence-corrected chi connectivity index (χ2v) is 2.91. The number of carbonyl (C=O) groups excluding carboxylic acids is 1. The summed E-state index contributed by atoms with van der Waals surface area (Å²) in [4.78, 5) is 21.0. The fourth-order valence-electron chi connectivity index (χ4n) is 0.958. The van der Waals surface area contributed by atoms with Crippen molar-refractivity contribution in [1.82, 2.24) is 5.32 Å². The van der Waals surface area contributed by atoms with Crippen molar-refractivity contribution in [3.63, 3.8) is 0 Å². The number of rotatable bonds is 4. The van der Waals surface area contributed by atoms with Crippen LogP contribution in [0.25, 0.3) is 0 Å². The van der Waals surface area contributed by atoms with Gasteiger partial charge in [-0.05, 0) is 6.07 Å². The Balaban J connectivity index is 2.37. The zero-order chi connectivity index (χ0) is 12.0. The molecular formula is C10H10FNO4. The van der Waals surface area contributed by atoms with Gasteiger partial charge in [-0.3, -0.25) is 4.79 Å². The summed E-state index contributed by atoms with van der Waals surface area (Å²) in [6, 6.07) is 5.84. The van der Waals surface area contributed by atoms with E-state index in [1.807, 2.05) is 5.32 Å². The number of amides is 1. The van der Waals surface area contributed by atoms with Crippen LogP contribution in [0.1, 0.15) is 5.56 Å². The summed E-state index contributed by atoms with van der Waals surface area (Å²) in [5, 5.41) is 10.3. The normalized spacial score (nSPS) is 9.56. The molecule has 2 N–H and O–H groups in total. The first kappa shape index (κ1) is 12.0. The molecule has 1 rings (SSSR count). The van der Waals surface area contributed by atoms with Gasteiger partial charge in [0.2, 0.25) is 0 Å². The Labute approximate surface area is 90.8 Å². The molecule has 5 nitrogen and oxygen atoms in total. The van der Waals surface area contributed by atoms with Gasteiger partial charge in [-0.25, -0.2) is 9.18 Å². The number of carboxylic acid groups (broad SMARTS) is 1. The fourth-order valence-corrected chi connectivity index (χ4v) is 0.958. The zero-order valence-electron chi connectivity index (χ0n) is 8.27. The maximum absolute atomic E-state index is 13.0. The molecule has 0 spiro atoms. The summed E-state index contributed by atoms with van der Waals surface area (Å²) in [5.41, 5.74) is 0.230. The van der Waals surface area contributed by atoms with Crippen LogP contribution in [0.15, 0.2) is 24.3 Å². The van der Waals surface area contributed by atoms with E-state index in [9.17, 15) is 14.0 Å². The van der Waals surface area contributed by atoms with Crippen LogP contribution in [-0.4, -0.2) is 23.7 Å². The van der Waals surface area contributed by atoms with E-state index < -0.39 is 24.4 Å². The summed E-state index contributed by atoms with van der Waals surface area (Å²) < 4.78 is 17.7. The largest absolute Gasteiger partial charge is 0.480 e. The number of halogens is 1. The predicted octanol–water partition coefficient (Wildman–Crippen LogP) is 1.14. The van der Waals surface area contributed by atoms with Crippen LogP contribution in [0.5, 0.6) is 0 Å². The van der Waals surface area contributed by atoms with Gasteiger partial charge in [0.15, 0.2) is 0 Å². The smallest absolute Gasteiger partial charge is 0.407 e. The van der Waals surface area contributed by atoms with E-state index in [-0.39, 0.29) is 12.2 Å². The van der Waals surface area contributed by atoms with Crippen LogP contribution in [0.4, 0.5) is 9.18 Å². The molecule has 1 aromatic carbocycles. The van der Waals surface area contributed by atoms with E-state index in [4.69, 9.17) is 5.11 Å². The summed E-state index contributed by atoms with van der Waals surface area (Å²) in [6.07, 6.45) is -0.898. The molecule has 0 aliphatic carbocycles. The first-order chi connectivity index (χ1) is 7.59. The minimum Gasteiger partial charge on any atom is -0.480 e. The summed E-state index contributed by atoms with van der Waals surface area (Å²) in [5.74, 6) is -1.66. The van der Waals surface area contributed by atoms with E-state index in [2.05, 4.69) is 4.74 Å². The molecule has 0 heterocycles. The van der Waals surface area contributed by atoms with Crippen LogP contribution in [0.3, 0.4) is 0 Å². The zero-order valence-corrected chi connectivity index (χ0v) is 8.27. The molecule has 0 unspecified atom stereocenters. The molecule has 0 saturated carbocycles. The number of carboxylic acids is 1. The van der Waals surface area contributed by atoms with Crippen LogP contribution >= 0.6 is 0 Å². The lowest BCUT2D eigenvalue weighted by Gasteiger charge is -2.05. The first-order valence-electron chi connectivity index (χ1n) is 4.45. The topological polar surface area (TPSA) is 75.6 Å². The number of alkyl carbamates (subject to hydrolysis) is 1. The van der Waals surface area contributed by atoms with Crippen molar-refractivity contribution < 1.29 is 23.8 Å². The Morgan fingerprint density at radius 1 is 1.38 bits per heavy atom. The van der Waals surface area contributed by atoms with E-state index in [1.54, 1.807) is 6.07 Å². The molecule has 1 amide bonds. The molecule has 0 fully saturated rings. The highest BCUT2D eigenvalue weighted by Gasteiger charge is 2.06. The number of ether oxygens (including phenoxy) is 1. The number of benzene rings is 1. The van der Waals surface area contributed by atoms with E-state index >= 15 is 0 Å². The number of nitrogens with one attached hydrogen (secondary N) is 1. The maximum Gasteiger partial charge on any atom is 0.407 e. The van der Waals surface area contributed by atoms with Gasteiger partial charge < -0.3 is 15.2 Å². The number of aliphatic carboxylic acids is 1. The SMILES string of the molecule is O=C(O)CNC(=O)OCc1ccccc1F. The highest BCUT2D eigenvalue weighted by atomic mass is 19.1. The minimum absolute atomic E-state index is 0.230. The van der Waals surface area contributed by atoms with E-state index in [0.717, 1.165) is 0 Å². The molecule has 0 saturated heterocycles.